The fraction of sp³-hybridized carbons (Fsp3) is 0.778. The monoisotopic (exact) mass is 1400 g/mol. The molecule has 2 rings (SSSR count). The van der Waals surface area contributed by atoms with Crippen LogP contribution in [0.4, 0.5) is 13.6 Å². The van der Waals surface area contributed by atoms with Gasteiger partial charge in [-0.1, -0.05) is 30.8 Å². The van der Waals surface area contributed by atoms with Crippen molar-refractivity contribution in [1.29, 1.82) is 10.5 Å². The SMILES string of the molecule is C.C.CC(C)(CC(=O)O)NC(=O)OC(C)(C)C.CC(C)(C[C-]=O)NCC(=O)N1C[C@@H](F)C[C@H]1C#N.CC(C)(N)C[C-]=O.N#C[C@@H]1C[C@H](F)CN1C(=O)CBr.[2HH].[B].[W].[W].[W]. The van der Waals surface area contributed by atoms with Gasteiger partial charge in [0.15, 0.2) is 0 Å². The number of nitriles is 2. The number of amides is 3. The summed E-state index contributed by atoms with van der Waals surface area (Å²) in [5, 5.41) is 31.6. The molecule has 4 atom stereocenters. The van der Waals surface area contributed by atoms with Crippen LogP contribution in [0.25, 0.3) is 0 Å². The standard InChI is InChI=1S/C12H17FN3O2.C10H19NO4.C7H8BrFN2O.C5H10NO.2CH4.B.3W.H2/c1-12(2,3-4-17)15-7-11(18)16-8-9(13)5-10(16)6-14;1-9(2,3)15-8(14)11-10(4,5)6-7(12)13;8-2-7(12)11-4-5(9)1-6(11)3-10;1-5(2,6)3-4-7;;;;;;;/h9-10,15H,3,5,7-8H2,1-2H3;6H2,1-5H3,(H,11,14)(H,12,13);5-6H,1-2,4H2;3,6H2,1-2H3;2*1H4;;;;;1H/q-1;;;-1;;;;;;;/t9-,10-;;5-,6-;;;;;;;;/m0.0......../s1/i;;;;;;;;;;1+1. The summed E-state index contributed by atoms with van der Waals surface area (Å²) in [6.45, 7) is 15.6. The van der Waals surface area contributed by atoms with Crippen LogP contribution in [0.5, 0.6) is 0 Å². The molecule has 0 aromatic rings. The topological polar surface area (TPSA) is 236 Å². The van der Waals surface area contributed by atoms with Gasteiger partial charge in [0.25, 0.3) is 0 Å². The van der Waals surface area contributed by atoms with Crippen LogP contribution in [0.2, 0.25) is 0 Å². The third-order valence-corrected chi connectivity index (χ3v) is 7.23. The average molecular weight is 1400 g/mol. The summed E-state index contributed by atoms with van der Waals surface area (Å²) in [5.41, 5.74) is 3.09. The quantitative estimate of drug-likeness (QED) is 0.129. The normalized spacial score (nSPS) is 17.8. The number of hydrogen-bond acceptors (Lipinski definition) is 11. The number of alkyl carbamates (subject to hydrolysis) is 1. The maximum atomic E-state index is 13.1. The summed E-state index contributed by atoms with van der Waals surface area (Å²) in [5.74, 6) is -1.50. The average Bonchev–Trinajstić information content (AvgIpc) is 3.55. The van der Waals surface area contributed by atoms with E-state index in [9.17, 15) is 37.5 Å². The van der Waals surface area contributed by atoms with E-state index in [1.165, 1.54) is 9.80 Å². The zero-order valence-corrected chi connectivity index (χ0v) is 43.7. The number of nitrogens with zero attached hydrogens (tertiary/aromatic N) is 4. The van der Waals surface area contributed by atoms with Gasteiger partial charge in [-0.05, 0) is 73.4 Å². The van der Waals surface area contributed by atoms with E-state index in [0.717, 1.165) is 0 Å². The number of carboxylic acid groups (broad SMARTS) is 1. The van der Waals surface area contributed by atoms with Gasteiger partial charge in [-0.15, -0.1) is 12.8 Å². The molecular weight excluding hydrogens is 1340 g/mol. The van der Waals surface area contributed by atoms with Crippen molar-refractivity contribution in [3.05, 3.63) is 0 Å². The fourth-order valence-electron chi connectivity index (χ4n) is 4.29. The van der Waals surface area contributed by atoms with Crippen molar-refractivity contribution < 1.29 is 112 Å². The number of aliphatic carboxylic acids is 1. The zero-order valence-electron chi connectivity index (χ0n) is 33.3. The minimum absolute atomic E-state index is 0. The number of carbonyl (C=O) groups excluding carboxylic acids is 5. The number of halogens is 3. The molecule has 58 heavy (non-hydrogen) atoms. The van der Waals surface area contributed by atoms with Crippen molar-refractivity contribution >= 4 is 60.8 Å². The predicted octanol–water partition coefficient (Wildman–Crippen LogP) is 4.28. The molecular formula is C36H64BBrF2N7O8W3-2. The van der Waals surface area contributed by atoms with Crippen molar-refractivity contribution in [2.75, 3.05) is 25.0 Å². The van der Waals surface area contributed by atoms with Crippen molar-refractivity contribution in [1.82, 2.24) is 20.4 Å². The Morgan fingerprint density at radius 3 is 1.53 bits per heavy atom. The maximum absolute atomic E-state index is 13.1. The second-order valence-electron chi connectivity index (χ2n) is 15.1. The first-order chi connectivity index (χ1) is 23.7. The number of nitrogens with one attached hydrogen (secondary N) is 2. The molecule has 2 aliphatic rings. The van der Waals surface area contributed by atoms with Gasteiger partial charge in [-0.2, -0.15) is 10.5 Å². The van der Waals surface area contributed by atoms with Crippen LogP contribution >= 0.6 is 15.9 Å². The molecule has 2 aliphatic heterocycles. The second kappa shape index (κ2) is 35.0. The van der Waals surface area contributed by atoms with Crippen LogP contribution in [-0.4, -0.2) is 131 Å². The Hall–Kier alpha value is -1.61. The predicted molar refractivity (Wildman–Crippen MR) is 213 cm³/mol. The first kappa shape index (κ1) is 73.9. The summed E-state index contributed by atoms with van der Waals surface area (Å²) >= 11 is 2.98. The van der Waals surface area contributed by atoms with Crippen LogP contribution in [0.3, 0.4) is 0 Å². The molecule has 0 aromatic heterocycles. The van der Waals surface area contributed by atoms with E-state index in [0.29, 0.717) is 6.42 Å². The molecule has 2 heterocycles. The van der Waals surface area contributed by atoms with Crippen molar-refractivity contribution in [2.24, 2.45) is 5.73 Å². The van der Waals surface area contributed by atoms with Gasteiger partial charge in [0, 0.05) is 91.4 Å². The van der Waals surface area contributed by atoms with E-state index in [1.54, 1.807) is 74.9 Å². The Balaban J connectivity index is -0.0000000806. The van der Waals surface area contributed by atoms with E-state index in [-0.39, 0.29) is 156 Å². The number of nitrogens with two attached hydrogens (primary N) is 1. The molecule has 5 N–H and O–H groups in total. The van der Waals surface area contributed by atoms with Crippen molar-refractivity contribution in [3.63, 3.8) is 0 Å². The van der Waals surface area contributed by atoms with Gasteiger partial charge in [-0.25, -0.2) is 13.6 Å². The molecule has 2 saturated heterocycles. The summed E-state index contributed by atoms with van der Waals surface area (Å²) in [4.78, 5) is 67.2. The Kier molecular flexibility index (Phi) is 44.6. The number of carbonyl (C=O) groups is 4. The smallest absolute Gasteiger partial charge is 0.408 e. The molecule has 0 bridgehead atoms. The van der Waals surface area contributed by atoms with Crippen LogP contribution < -0.4 is 16.4 Å². The van der Waals surface area contributed by atoms with Crippen molar-refractivity contribution in [3.8, 4) is 12.1 Å². The molecule has 0 aliphatic carbocycles. The van der Waals surface area contributed by atoms with Gasteiger partial charge < -0.3 is 45.6 Å². The first-order valence-corrected chi connectivity index (χ1v) is 17.5. The maximum Gasteiger partial charge on any atom is 0.408 e. The Labute approximate surface area is 399 Å². The van der Waals surface area contributed by atoms with Gasteiger partial charge in [0.2, 0.25) is 11.8 Å². The molecule has 15 nitrogen and oxygen atoms in total. The molecule has 335 valence electrons. The van der Waals surface area contributed by atoms with Crippen LogP contribution in [0, 0.1) is 22.7 Å². The molecule has 0 saturated carbocycles. The minimum Gasteiger partial charge on any atom is -0.542 e. The number of hydrogen-bond donors (Lipinski definition) is 4. The fourth-order valence-corrected chi connectivity index (χ4v) is 4.61. The second-order valence-corrected chi connectivity index (χ2v) is 15.7. The molecule has 0 unspecified atom stereocenters. The van der Waals surface area contributed by atoms with E-state index in [1.807, 2.05) is 12.1 Å². The summed E-state index contributed by atoms with van der Waals surface area (Å²) < 4.78 is 30.9. The van der Waals surface area contributed by atoms with E-state index >= 15 is 0 Å². The van der Waals surface area contributed by atoms with Crippen molar-refractivity contribution in [2.45, 2.75) is 156 Å². The van der Waals surface area contributed by atoms with Gasteiger partial charge in [0.05, 0.1) is 43.5 Å². The third kappa shape index (κ3) is 36.3. The number of ether oxygens (including phenoxy) is 1. The molecule has 3 amide bonds. The Morgan fingerprint density at radius 1 is 0.845 bits per heavy atom. The largest absolute Gasteiger partial charge is 0.542 e. The minimum atomic E-state index is -1.13. The van der Waals surface area contributed by atoms with Gasteiger partial charge in [0.1, 0.15) is 30.0 Å². The molecule has 3 radical (unpaired) electrons. The number of alkyl halides is 3. The Bertz CT molecular complexity index is 1310. The van der Waals surface area contributed by atoms with Crippen LogP contribution in [0.15, 0.2) is 0 Å². The van der Waals surface area contributed by atoms with E-state index in [2.05, 4.69) is 26.6 Å². The summed E-state index contributed by atoms with van der Waals surface area (Å²) in [7, 11) is 0. The number of likely N-dealkylation sites (tertiary alicyclic amines) is 2. The first-order valence-electron chi connectivity index (χ1n) is 16.4. The summed E-state index contributed by atoms with van der Waals surface area (Å²) in [6.07, 6.45) is 1.29. The molecule has 0 aromatic carbocycles. The van der Waals surface area contributed by atoms with E-state index in [4.69, 9.17) is 26.1 Å². The molecule has 2 fully saturated rings. The third-order valence-electron chi connectivity index (χ3n) is 6.75. The molecule has 0 spiro atoms. The van der Waals surface area contributed by atoms with Gasteiger partial charge in [-0.3, -0.25) is 27.0 Å². The zero-order chi connectivity index (χ0) is 41.1. The van der Waals surface area contributed by atoms with Crippen LogP contribution in [-0.2, 0) is 91.9 Å². The summed E-state index contributed by atoms with van der Waals surface area (Å²) in [6, 6.07) is 2.56. The Morgan fingerprint density at radius 2 is 1.24 bits per heavy atom. The number of carboxylic acids is 1. The number of rotatable bonds is 11. The van der Waals surface area contributed by atoms with Crippen LogP contribution in [0.1, 0.15) is 111 Å². The van der Waals surface area contributed by atoms with E-state index < -0.39 is 53.2 Å². The van der Waals surface area contributed by atoms with Gasteiger partial charge >= 0.3 is 12.1 Å². The molecule has 22 heteroatoms.